The lowest BCUT2D eigenvalue weighted by atomic mass is 10.2. The molecule has 1 heterocycles. The van der Waals surface area contributed by atoms with Crippen molar-refractivity contribution in [3.63, 3.8) is 0 Å². The number of pyridine rings is 1. The molecule has 0 unspecified atom stereocenters. The first-order chi connectivity index (χ1) is 12.4. The van der Waals surface area contributed by atoms with Gasteiger partial charge in [-0.3, -0.25) is 9.78 Å². The molecule has 7 heteroatoms. The number of para-hydroxylation sites is 1. The first-order valence-electron chi connectivity index (χ1n) is 7.59. The van der Waals surface area contributed by atoms with Crippen LogP contribution in [0, 0.1) is 0 Å². The Morgan fingerprint density at radius 3 is 2.50 bits per heavy atom. The Morgan fingerprint density at radius 2 is 1.77 bits per heavy atom. The van der Waals surface area contributed by atoms with Crippen LogP contribution in [0.5, 0.6) is 11.5 Å². The normalized spacial score (nSPS) is 11.0. The van der Waals surface area contributed by atoms with Crippen LogP contribution in [0.1, 0.15) is 15.9 Å². The van der Waals surface area contributed by atoms with Crippen LogP contribution in [0.4, 0.5) is 18.9 Å². The van der Waals surface area contributed by atoms with Gasteiger partial charge in [0.05, 0.1) is 5.56 Å². The smallest absolute Gasteiger partial charge is 0.416 e. The van der Waals surface area contributed by atoms with Crippen molar-refractivity contribution in [1.82, 2.24) is 4.98 Å². The predicted molar refractivity (Wildman–Crippen MR) is 90.2 cm³/mol. The minimum absolute atomic E-state index is 0.0280. The molecule has 0 aliphatic carbocycles. The number of nitrogens with one attached hydrogen (secondary N) is 1. The quantitative estimate of drug-likeness (QED) is 0.702. The summed E-state index contributed by atoms with van der Waals surface area (Å²) in [7, 11) is 0. The zero-order chi connectivity index (χ0) is 18.6. The Bertz CT molecular complexity index is 912. The van der Waals surface area contributed by atoms with Gasteiger partial charge >= 0.3 is 6.18 Å². The standard InChI is InChI=1S/C19H13F3N2O2/c20-19(21,22)13-5-4-8-15(11-13)26-17-9-10-23-12-16(17)18(25)24-14-6-2-1-3-7-14/h1-12H,(H,24,25). The van der Waals surface area contributed by atoms with Crippen molar-refractivity contribution < 1.29 is 22.7 Å². The number of rotatable bonds is 4. The minimum Gasteiger partial charge on any atom is -0.456 e. The van der Waals surface area contributed by atoms with Gasteiger partial charge in [-0.05, 0) is 36.4 Å². The van der Waals surface area contributed by atoms with Gasteiger partial charge in [0.2, 0.25) is 0 Å². The van der Waals surface area contributed by atoms with Crippen LogP contribution < -0.4 is 10.1 Å². The highest BCUT2D eigenvalue weighted by molar-refractivity contribution is 6.06. The van der Waals surface area contributed by atoms with Crippen molar-refractivity contribution in [2.45, 2.75) is 6.18 Å². The van der Waals surface area contributed by atoms with E-state index in [1.165, 1.54) is 30.6 Å². The number of aromatic nitrogens is 1. The Labute approximate surface area is 147 Å². The molecule has 3 aromatic rings. The minimum atomic E-state index is -4.48. The molecule has 1 N–H and O–H groups in total. The van der Waals surface area contributed by atoms with E-state index in [9.17, 15) is 18.0 Å². The van der Waals surface area contributed by atoms with Crippen LogP contribution >= 0.6 is 0 Å². The van der Waals surface area contributed by atoms with Gasteiger partial charge in [0.25, 0.3) is 5.91 Å². The molecule has 0 aliphatic heterocycles. The summed E-state index contributed by atoms with van der Waals surface area (Å²) >= 11 is 0. The molecule has 2 aromatic carbocycles. The van der Waals surface area contributed by atoms with E-state index in [1.54, 1.807) is 24.3 Å². The maximum absolute atomic E-state index is 12.8. The van der Waals surface area contributed by atoms with E-state index in [1.807, 2.05) is 6.07 Å². The van der Waals surface area contributed by atoms with Gasteiger partial charge in [0.15, 0.2) is 0 Å². The molecular formula is C19H13F3N2O2. The zero-order valence-corrected chi connectivity index (χ0v) is 13.3. The third-order valence-electron chi connectivity index (χ3n) is 3.45. The summed E-state index contributed by atoms with van der Waals surface area (Å²) in [5, 5.41) is 2.68. The van der Waals surface area contributed by atoms with Gasteiger partial charge in [-0.15, -0.1) is 0 Å². The number of hydrogen-bond donors (Lipinski definition) is 1. The van der Waals surface area contributed by atoms with Gasteiger partial charge in [-0.1, -0.05) is 24.3 Å². The lowest BCUT2D eigenvalue weighted by Gasteiger charge is -2.12. The Balaban J connectivity index is 1.85. The number of alkyl halides is 3. The number of benzene rings is 2. The monoisotopic (exact) mass is 358 g/mol. The number of nitrogens with zero attached hydrogens (tertiary/aromatic N) is 1. The van der Waals surface area contributed by atoms with Crippen LogP contribution in [0.3, 0.4) is 0 Å². The predicted octanol–water partition coefficient (Wildman–Crippen LogP) is 5.15. The molecular weight excluding hydrogens is 345 g/mol. The summed E-state index contributed by atoms with van der Waals surface area (Å²) in [6.45, 7) is 0. The molecule has 4 nitrogen and oxygen atoms in total. The molecule has 0 radical (unpaired) electrons. The number of ether oxygens (including phenoxy) is 1. The van der Waals surface area contributed by atoms with Crippen molar-refractivity contribution in [3.05, 3.63) is 84.2 Å². The third kappa shape index (κ3) is 4.18. The van der Waals surface area contributed by atoms with Gasteiger partial charge in [-0.2, -0.15) is 13.2 Å². The molecule has 0 saturated heterocycles. The van der Waals surface area contributed by atoms with E-state index in [2.05, 4.69) is 10.3 Å². The summed E-state index contributed by atoms with van der Waals surface area (Å²) in [5.41, 5.74) is -0.153. The molecule has 0 atom stereocenters. The van der Waals surface area contributed by atoms with Crippen molar-refractivity contribution in [3.8, 4) is 11.5 Å². The number of carbonyl (C=O) groups is 1. The molecule has 3 rings (SSSR count). The summed E-state index contributed by atoms with van der Waals surface area (Å²) in [6, 6.07) is 14.6. The molecule has 0 bridgehead atoms. The number of amides is 1. The van der Waals surface area contributed by atoms with E-state index in [-0.39, 0.29) is 17.1 Å². The fourth-order valence-electron chi connectivity index (χ4n) is 2.22. The number of hydrogen-bond acceptors (Lipinski definition) is 3. The van der Waals surface area contributed by atoms with Gasteiger partial charge in [0, 0.05) is 18.1 Å². The first kappa shape index (κ1) is 17.5. The van der Waals surface area contributed by atoms with Crippen molar-refractivity contribution in [1.29, 1.82) is 0 Å². The van der Waals surface area contributed by atoms with Crippen LogP contribution in [-0.2, 0) is 6.18 Å². The highest BCUT2D eigenvalue weighted by Gasteiger charge is 2.30. The first-order valence-corrected chi connectivity index (χ1v) is 7.59. The molecule has 0 aliphatic rings. The number of halogens is 3. The Morgan fingerprint density at radius 1 is 1.00 bits per heavy atom. The summed E-state index contributed by atoms with van der Waals surface area (Å²) in [4.78, 5) is 16.3. The highest BCUT2D eigenvalue weighted by atomic mass is 19.4. The van der Waals surface area contributed by atoms with Crippen LogP contribution in [0.2, 0.25) is 0 Å². The SMILES string of the molecule is O=C(Nc1ccccc1)c1cnccc1Oc1cccc(C(F)(F)F)c1. The van der Waals surface area contributed by atoms with E-state index in [0.29, 0.717) is 5.69 Å². The lowest BCUT2D eigenvalue weighted by molar-refractivity contribution is -0.137. The molecule has 132 valence electrons. The summed E-state index contributed by atoms with van der Waals surface area (Å²) in [5.74, 6) is -0.404. The Hall–Kier alpha value is -3.35. The molecule has 1 aromatic heterocycles. The average molecular weight is 358 g/mol. The number of carbonyl (C=O) groups excluding carboxylic acids is 1. The fraction of sp³-hybridized carbons (Fsp3) is 0.0526. The summed E-state index contributed by atoms with van der Waals surface area (Å²) < 4.78 is 44.0. The fourth-order valence-corrected chi connectivity index (χ4v) is 2.22. The van der Waals surface area contributed by atoms with Crippen molar-refractivity contribution >= 4 is 11.6 Å². The van der Waals surface area contributed by atoms with Crippen LogP contribution in [0.15, 0.2) is 73.1 Å². The van der Waals surface area contributed by atoms with Crippen LogP contribution in [-0.4, -0.2) is 10.9 Å². The van der Waals surface area contributed by atoms with E-state index >= 15 is 0 Å². The largest absolute Gasteiger partial charge is 0.456 e. The maximum atomic E-state index is 12.8. The topological polar surface area (TPSA) is 51.2 Å². The highest BCUT2D eigenvalue weighted by Crippen LogP contribution is 2.33. The van der Waals surface area contributed by atoms with Crippen molar-refractivity contribution in [2.24, 2.45) is 0 Å². The summed E-state index contributed by atoms with van der Waals surface area (Å²) in [6.07, 6.45) is -1.80. The maximum Gasteiger partial charge on any atom is 0.416 e. The molecule has 0 saturated carbocycles. The lowest BCUT2D eigenvalue weighted by Crippen LogP contribution is -2.13. The third-order valence-corrected chi connectivity index (χ3v) is 3.45. The van der Waals surface area contributed by atoms with Crippen molar-refractivity contribution in [2.75, 3.05) is 5.32 Å². The zero-order valence-electron chi connectivity index (χ0n) is 13.3. The van der Waals surface area contributed by atoms with Gasteiger partial charge in [0.1, 0.15) is 17.1 Å². The molecule has 1 amide bonds. The van der Waals surface area contributed by atoms with E-state index in [0.717, 1.165) is 12.1 Å². The average Bonchev–Trinajstić information content (AvgIpc) is 2.62. The molecule has 0 fully saturated rings. The molecule has 0 spiro atoms. The molecule has 26 heavy (non-hydrogen) atoms. The van der Waals surface area contributed by atoms with Gasteiger partial charge < -0.3 is 10.1 Å². The second-order valence-electron chi connectivity index (χ2n) is 5.32. The number of anilines is 1. The second-order valence-corrected chi connectivity index (χ2v) is 5.32. The van der Waals surface area contributed by atoms with Gasteiger partial charge in [-0.25, -0.2) is 0 Å². The van der Waals surface area contributed by atoms with E-state index < -0.39 is 17.6 Å². The van der Waals surface area contributed by atoms with E-state index in [4.69, 9.17) is 4.74 Å². The second kappa shape index (κ2) is 7.26. The van der Waals surface area contributed by atoms with Crippen LogP contribution in [0.25, 0.3) is 0 Å². The Kier molecular flexibility index (Phi) is 4.88.